The smallest absolute Gasteiger partial charge is 0.200 e. The zero-order valence-corrected chi connectivity index (χ0v) is 16.4. The van der Waals surface area contributed by atoms with E-state index in [4.69, 9.17) is 10.1 Å². The molecule has 0 atom stereocenters. The second-order valence-electron chi connectivity index (χ2n) is 7.36. The van der Waals surface area contributed by atoms with Gasteiger partial charge in [-0.1, -0.05) is 38.2 Å². The number of pyridine rings is 1. The molecule has 0 unspecified atom stereocenters. The summed E-state index contributed by atoms with van der Waals surface area (Å²) in [7, 11) is 0. The monoisotopic (exact) mass is 366 g/mol. The summed E-state index contributed by atoms with van der Waals surface area (Å²) in [6.45, 7) is 5.26. The fourth-order valence-electron chi connectivity index (χ4n) is 3.91. The van der Waals surface area contributed by atoms with Crippen molar-refractivity contribution in [1.82, 2.24) is 19.7 Å². The molecular weight excluding hydrogens is 340 g/mol. The van der Waals surface area contributed by atoms with Crippen molar-refractivity contribution < 1.29 is 0 Å². The first-order chi connectivity index (χ1) is 12.7. The predicted octanol–water partition coefficient (Wildman–Crippen LogP) is 5.66. The molecule has 1 aliphatic carbocycles. The molecule has 1 aliphatic rings. The third-order valence-electron chi connectivity index (χ3n) is 5.28. The standard InChI is InChI=1S/C21H26N4S/c1-15-14-16(2)26-19(15)21-23-20(18-10-6-7-12-22-18)24-25(21)13-11-17-8-4-3-5-9-17/h6-7,10,12,14,17H,3-5,8-9,11,13H2,1-2H3. The Bertz CT molecular complexity index is 860. The molecule has 3 aromatic rings. The molecule has 0 amide bonds. The van der Waals surface area contributed by atoms with E-state index in [2.05, 4.69) is 29.6 Å². The molecule has 1 saturated carbocycles. The highest BCUT2D eigenvalue weighted by molar-refractivity contribution is 7.15. The predicted molar refractivity (Wildman–Crippen MR) is 107 cm³/mol. The summed E-state index contributed by atoms with van der Waals surface area (Å²) >= 11 is 1.81. The van der Waals surface area contributed by atoms with Crippen LogP contribution in [0.1, 0.15) is 49.0 Å². The number of hydrogen-bond acceptors (Lipinski definition) is 4. The lowest BCUT2D eigenvalue weighted by Gasteiger charge is -2.21. The van der Waals surface area contributed by atoms with Gasteiger partial charge in [0.05, 0.1) is 4.88 Å². The maximum Gasteiger partial charge on any atom is 0.200 e. The summed E-state index contributed by atoms with van der Waals surface area (Å²) in [4.78, 5) is 11.9. The Kier molecular flexibility index (Phi) is 5.16. The molecular formula is C21H26N4S. The molecule has 0 spiro atoms. The Hall–Kier alpha value is -2.01. The van der Waals surface area contributed by atoms with Crippen molar-refractivity contribution in [2.45, 2.75) is 58.9 Å². The highest BCUT2D eigenvalue weighted by atomic mass is 32.1. The van der Waals surface area contributed by atoms with Crippen molar-refractivity contribution in [2.24, 2.45) is 5.92 Å². The average molecular weight is 367 g/mol. The Labute approximate surface area is 159 Å². The van der Waals surface area contributed by atoms with Gasteiger partial charge in [-0.25, -0.2) is 9.67 Å². The third kappa shape index (κ3) is 3.73. The van der Waals surface area contributed by atoms with E-state index in [0.29, 0.717) is 0 Å². The van der Waals surface area contributed by atoms with Gasteiger partial charge in [0, 0.05) is 17.6 Å². The normalized spacial score (nSPS) is 15.5. The van der Waals surface area contributed by atoms with E-state index in [1.165, 1.54) is 53.8 Å². The molecule has 4 nitrogen and oxygen atoms in total. The fraction of sp³-hybridized carbons (Fsp3) is 0.476. The topological polar surface area (TPSA) is 43.6 Å². The summed E-state index contributed by atoms with van der Waals surface area (Å²) in [5, 5.41) is 4.84. The summed E-state index contributed by atoms with van der Waals surface area (Å²) < 4.78 is 2.12. The van der Waals surface area contributed by atoms with Crippen LogP contribution in [0, 0.1) is 19.8 Å². The van der Waals surface area contributed by atoms with Crippen LogP contribution in [-0.4, -0.2) is 19.7 Å². The van der Waals surface area contributed by atoms with Crippen LogP contribution in [0.2, 0.25) is 0 Å². The molecule has 5 heteroatoms. The molecule has 3 aromatic heterocycles. The van der Waals surface area contributed by atoms with Gasteiger partial charge in [-0.05, 0) is 49.9 Å². The van der Waals surface area contributed by atoms with Crippen molar-refractivity contribution in [3.05, 3.63) is 40.9 Å². The molecule has 0 N–H and O–H groups in total. The van der Waals surface area contributed by atoms with Crippen LogP contribution in [-0.2, 0) is 6.54 Å². The summed E-state index contributed by atoms with van der Waals surface area (Å²) in [5.74, 6) is 2.57. The molecule has 4 rings (SSSR count). The van der Waals surface area contributed by atoms with Gasteiger partial charge in [-0.15, -0.1) is 16.4 Å². The quantitative estimate of drug-likeness (QED) is 0.585. The molecule has 136 valence electrons. The van der Waals surface area contributed by atoms with Gasteiger partial charge >= 0.3 is 0 Å². The lowest BCUT2D eigenvalue weighted by Crippen LogP contribution is -2.11. The molecule has 0 aromatic carbocycles. The fourth-order valence-corrected chi connectivity index (χ4v) is 4.93. The highest BCUT2D eigenvalue weighted by Gasteiger charge is 2.19. The average Bonchev–Trinajstić information content (AvgIpc) is 3.24. The third-order valence-corrected chi connectivity index (χ3v) is 6.43. The molecule has 26 heavy (non-hydrogen) atoms. The van der Waals surface area contributed by atoms with Crippen LogP contribution in [0.3, 0.4) is 0 Å². The van der Waals surface area contributed by atoms with Gasteiger partial charge in [-0.2, -0.15) is 0 Å². The van der Waals surface area contributed by atoms with Gasteiger partial charge in [0.2, 0.25) is 0 Å². The Balaban J connectivity index is 1.66. The Morgan fingerprint density at radius 1 is 1.15 bits per heavy atom. The minimum absolute atomic E-state index is 0.731. The van der Waals surface area contributed by atoms with E-state index in [-0.39, 0.29) is 0 Å². The first kappa shape index (κ1) is 17.4. The molecule has 0 bridgehead atoms. The zero-order valence-electron chi connectivity index (χ0n) is 15.6. The summed E-state index contributed by atoms with van der Waals surface area (Å²) in [5.41, 5.74) is 2.13. The largest absolute Gasteiger partial charge is 0.253 e. The molecule has 0 saturated heterocycles. The number of aryl methyl sites for hydroxylation is 3. The molecule has 0 aliphatic heterocycles. The van der Waals surface area contributed by atoms with Gasteiger partial charge in [0.1, 0.15) is 5.69 Å². The Morgan fingerprint density at radius 3 is 2.69 bits per heavy atom. The van der Waals surface area contributed by atoms with E-state index in [1.807, 2.05) is 29.5 Å². The number of rotatable bonds is 5. The van der Waals surface area contributed by atoms with Crippen LogP contribution in [0.4, 0.5) is 0 Å². The minimum atomic E-state index is 0.731. The van der Waals surface area contributed by atoms with Gasteiger partial charge in [0.25, 0.3) is 0 Å². The minimum Gasteiger partial charge on any atom is -0.253 e. The van der Waals surface area contributed by atoms with Crippen LogP contribution < -0.4 is 0 Å². The van der Waals surface area contributed by atoms with Gasteiger partial charge < -0.3 is 0 Å². The molecule has 0 radical (unpaired) electrons. The van der Waals surface area contributed by atoms with Crippen LogP contribution in [0.15, 0.2) is 30.5 Å². The van der Waals surface area contributed by atoms with Crippen molar-refractivity contribution in [1.29, 1.82) is 0 Å². The van der Waals surface area contributed by atoms with E-state index in [9.17, 15) is 0 Å². The van der Waals surface area contributed by atoms with Crippen molar-refractivity contribution >= 4 is 11.3 Å². The first-order valence-electron chi connectivity index (χ1n) is 9.64. The lowest BCUT2D eigenvalue weighted by molar-refractivity contribution is 0.319. The lowest BCUT2D eigenvalue weighted by atomic mass is 9.87. The molecule has 3 heterocycles. The number of hydrogen-bond donors (Lipinski definition) is 0. The van der Waals surface area contributed by atoms with E-state index >= 15 is 0 Å². The number of nitrogens with zero attached hydrogens (tertiary/aromatic N) is 4. The highest BCUT2D eigenvalue weighted by Crippen LogP contribution is 2.33. The van der Waals surface area contributed by atoms with Crippen molar-refractivity contribution in [2.75, 3.05) is 0 Å². The van der Waals surface area contributed by atoms with Crippen LogP contribution >= 0.6 is 11.3 Å². The maximum atomic E-state index is 4.89. The van der Waals surface area contributed by atoms with Crippen LogP contribution in [0.5, 0.6) is 0 Å². The number of thiophene rings is 1. The van der Waals surface area contributed by atoms with E-state index < -0.39 is 0 Å². The molecule has 1 fully saturated rings. The van der Waals surface area contributed by atoms with E-state index in [0.717, 1.165) is 29.8 Å². The van der Waals surface area contributed by atoms with Gasteiger partial charge in [0.15, 0.2) is 11.6 Å². The Morgan fingerprint density at radius 2 is 2.00 bits per heavy atom. The first-order valence-corrected chi connectivity index (χ1v) is 10.5. The van der Waals surface area contributed by atoms with E-state index in [1.54, 1.807) is 6.20 Å². The zero-order chi connectivity index (χ0) is 17.9. The maximum absolute atomic E-state index is 4.89. The van der Waals surface area contributed by atoms with Gasteiger partial charge in [-0.3, -0.25) is 4.98 Å². The van der Waals surface area contributed by atoms with Crippen molar-refractivity contribution in [3.8, 4) is 22.2 Å². The number of aromatic nitrogens is 4. The second kappa shape index (κ2) is 7.70. The van der Waals surface area contributed by atoms with Crippen molar-refractivity contribution in [3.63, 3.8) is 0 Å². The summed E-state index contributed by atoms with van der Waals surface area (Å²) in [6.07, 6.45) is 9.92. The SMILES string of the molecule is Cc1cc(C)c(-c2nc(-c3ccccn3)nn2CCC2CCCCC2)s1. The second-order valence-corrected chi connectivity index (χ2v) is 8.62. The summed E-state index contributed by atoms with van der Waals surface area (Å²) in [6, 6.07) is 8.14. The van der Waals surface area contributed by atoms with Crippen LogP contribution in [0.25, 0.3) is 22.2 Å².